The van der Waals surface area contributed by atoms with Crippen LogP contribution >= 0.6 is 24.0 Å². The molecule has 0 saturated heterocycles. The van der Waals surface area contributed by atoms with E-state index in [2.05, 4.69) is 25.9 Å². The highest BCUT2D eigenvalue weighted by Crippen LogP contribution is 2.33. The van der Waals surface area contributed by atoms with Gasteiger partial charge in [0, 0.05) is 30.1 Å². The summed E-state index contributed by atoms with van der Waals surface area (Å²) in [5.74, 6) is -1.19. The average molecular weight is 582 g/mol. The van der Waals surface area contributed by atoms with E-state index in [1.807, 2.05) is 0 Å². The van der Waals surface area contributed by atoms with Gasteiger partial charge in [0.1, 0.15) is 5.52 Å². The van der Waals surface area contributed by atoms with Crippen LogP contribution in [0.1, 0.15) is 31.8 Å². The van der Waals surface area contributed by atoms with Gasteiger partial charge < -0.3 is 25.7 Å². The Labute approximate surface area is 232 Å². The van der Waals surface area contributed by atoms with Gasteiger partial charge in [-0.1, -0.05) is 29.8 Å². The third-order valence-corrected chi connectivity index (χ3v) is 6.09. The van der Waals surface area contributed by atoms with Gasteiger partial charge in [-0.3, -0.25) is 9.59 Å². The van der Waals surface area contributed by atoms with Crippen molar-refractivity contribution in [1.82, 2.24) is 9.97 Å². The normalized spacial score (nSPS) is 11.1. The molecule has 0 saturated carbocycles. The number of ether oxygens (including phenoxy) is 1. The number of aromatic nitrogens is 2. The minimum absolute atomic E-state index is 0. The number of aromatic amines is 1. The number of hydrogen-bond acceptors (Lipinski definition) is 5. The monoisotopic (exact) mass is 581 g/mol. The molecule has 0 aliphatic carbocycles. The Bertz CT molecular complexity index is 1510. The fraction of sp³-hybridized carbons (Fsp3) is 0.192. The molecule has 4 N–H and O–H groups in total. The lowest BCUT2D eigenvalue weighted by molar-refractivity contribution is -0.137. The van der Waals surface area contributed by atoms with E-state index in [0.29, 0.717) is 40.9 Å². The predicted octanol–water partition coefficient (Wildman–Crippen LogP) is 6.53. The molecule has 0 spiro atoms. The third-order valence-electron chi connectivity index (χ3n) is 5.68. The molecule has 4 rings (SSSR count). The zero-order valence-electron chi connectivity index (χ0n) is 20.7. The maximum Gasteiger partial charge on any atom is 0.417 e. The molecule has 206 valence electrons. The maximum absolute atomic E-state index is 13.5. The lowest BCUT2D eigenvalue weighted by Gasteiger charge is -2.14. The Kier molecular flexibility index (Phi) is 9.44. The SMILES string of the molecule is COCCNc1nc2c(C(=O)Nc3cccc(Cl)c3C)cc(NC(=O)c3ccccc3C(F)(F)F)cc2[nH]1.Cl. The first-order chi connectivity index (χ1) is 18.1. The van der Waals surface area contributed by atoms with Crippen LogP contribution in [0.4, 0.5) is 30.5 Å². The van der Waals surface area contributed by atoms with E-state index < -0.39 is 29.1 Å². The quantitative estimate of drug-likeness (QED) is 0.177. The van der Waals surface area contributed by atoms with Crippen molar-refractivity contribution in [3.05, 3.63) is 81.9 Å². The number of benzene rings is 3. The van der Waals surface area contributed by atoms with Crippen molar-refractivity contribution in [2.75, 3.05) is 36.2 Å². The third kappa shape index (κ3) is 6.80. The second-order valence-electron chi connectivity index (χ2n) is 8.29. The summed E-state index contributed by atoms with van der Waals surface area (Å²) >= 11 is 6.17. The molecule has 0 fully saturated rings. The fourth-order valence-corrected chi connectivity index (χ4v) is 3.95. The van der Waals surface area contributed by atoms with Gasteiger partial charge in [0.2, 0.25) is 5.95 Å². The van der Waals surface area contributed by atoms with Gasteiger partial charge in [-0.25, -0.2) is 4.98 Å². The number of nitrogens with zero attached hydrogens (tertiary/aromatic N) is 1. The zero-order valence-corrected chi connectivity index (χ0v) is 22.3. The van der Waals surface area contributed by atoms with Crippen LogP contribution in [-0.2, 0) is 10.9 Å². The highest BCUT2D eigenvalue weighted by molar-refractivity contribution is 6.31. The number of carbonyl (C=O) groups excluding carboxylic acids is 2. The first-order valence-electron chi connectivity index (χ1n) is 11.4. The van der Waals surface area contributed by atoms with Gasteiger partial charge in [-0.05, 0) is 48.9 Å². The molecular weight excluding hydrogens is 558 g/mol. The number of hydrogen-bond donors (Lipinski definition) is 4. The van der Waals surface area contributed by atoms with Gasteiger partial charge in [0.25, 0.3) is 11.8 Å². The van der Waals surface area contributed by atoms with Gasteiger partial charge in [-0.15, -0.1) is 12.4 Å². The molecule has 0 unspecified atom stereocenters. The van der Waals surface area contributed by atoms with Crippen molar-refractivity contribution in [2.24, 2.45) is 0 Å². The summed E-state index contributed by atoms with van der Waals surface area (Å²) in [4.78, 5) is 33.7. The molecule has 1 aromatic heterocycles. The largest absolute Gasteiger partial charge is 0.417 e. The Morgan fingerprint density at radius 2 is 1.74 bits per heavy atom. The molecule has 0 atom stereocenters. The number of H-pyrrole nitrogens is 1. The molecule has 3 aromatic carbocycles. The molecule has 2 amide bonds. The summed E-state index contributed by atoms with van der Waals surface area (Å²) in [5, 5.41) is 8.74. The predicted molar refractivity (Wildman–Crippen MR) is 147 cm³/mol. The lowest BCUT2D eigenvalue weighted by atomic mass is 10.1. The molecule has 8 nitrogen and oxygen atoms in total. The summed E-state index contributed by atoms with van der Waals surface area (Å²) in [5.41, 5.74) is 0.341. The van der Waals surface area contributed by atoms with Crippen LogP contribution < -0.4 is 16.0 Å². The molecule has 39 heavy (non-hydrogen) atoms. The molecule has 0 aliphatic rings. The second-order valence-corrected chi connectivity index (χ2v) is 8.70. The maximum atomic E-state index is 13.5. The van der Waals surface area contributed by atoms with Gasteiger partial charge in [-0.2, -0.15) is 13.2 Å². The number of amides is 2. The number of carbonyl (C=O) groups is 2. The van der Waals surface area contributed by atoms with E-state index >= 15 is 0 Å². The van der Waals surface area contributed by atoms with Gasteiger partial charge in [0.15, 0.2) is 0 Å². The van der Waals surface area contributed by atoms with Crippen molar-refractivity contribution < 1.29 is 27.5 Å². The van der Waals surface area contributed by atoms with Gasteiger partial charge >= 0.3 is 6.18 Å². The highest BCUT2D eigenvalue weighted by Gasteiger charge is 2.35. The van der Waals surface area contributed by atoms with Crippen molar-refractivity contribution in [2.45, 2.75) is 13.1 Å². The average Bonchev–Trinajstić information content (AvgIpc) is 3.28. The Balaban J connectivity index is 0.00000420. The Morgan fingerprint density at radius 3 is 2.46 bits per heavy atom. The highest BCUT2D eigenvalue weighted by atomic mass is 35.5. The smallest absolute Gasteiger partial charge is 0.383 e. The van der Waals surface area contributed by atoms with E-state index in [1.54, 1.807) is 32.2 Å². The summed E-state index contributed by atoms with van der Waals surface area (Å²) in [6.45, 7) is 2.57. The van der Waals surface area contributed by atoms with Crippen LogP contribution in [0.5, 0.6) is 0 Å². The van der Waals surface area contributed by atoms with E-state index in [4.69, 9.17) is 16.3 Å². The van der Waals surface area contributed by atoms with E-state index in [1.165, 1.54) is 24.3 Å². The van der Waals surface area contributed by atoms with E-state index in [9.17, 15) is 22.8 Å². The lowest BCUT2D eigenvalue weighted by Crippen LogP contribution is -2.19. The topological polar surface area (TPSA) is 108 Å². The zero-order chi connectivity index (χ0) is 27.4. The Morgan fingerprint density at radius 1 is 1.03 bits per heavy atom. The molecule has 0 radical (unpaired) electrons. The van der Waals surface area contributed by atoms with Crippen molar-refractivity contribution in [3.63, 3.8) is 0 Å². The number of alkyl halides is 3. The van der Waals surface area contributed by atoms with Crippen LogP contribution in [0, 0.1) is 6.92 Å². The van der Waals surface area contributed by atoms with Crippen molar-refractivity contribution >= 4 is 64.2 Å². The minimum atomic E-state index is -4.72. The molecule has 1 heterocycles. The minimum Gasteiger partial charge on any atom is -0.383 e. The van der Waals surface area contributed by atoms with Gasteiger partial charge in [0.05, 0.1) is 28.8 Å². The number of fused-ring (bicyclic) bond motifs is 1. The number of halogens is 5. The number of methoxy groups -OCH3 is 1. The second kappa shape index (κ2) is 12.4. The van der Waals surface area contributed by atoms with Crippen LogP contribution in [0.25, 0.3) is 11.0 Å². The number of anilines is 3. The summed E-state index contributed by atoms with van der Waals surface area (Å²) < 4.78 is 45.4. The first-order valence-corrected chi connectivity index (χ1v) is 11.8. The molecule has 0 aliphatic heterocycles. The standard InChI is InChI=1S/C26H23ClF3N5O3.ClH/c1-14-19(27)8-5-9-20(14)33-24(37)17-12-15(13-21-22(17)35-25(34-21)31-10-11-38-2)32-23(36)16-6-3-4-7-18(16)26(28,29)30;/h3-9,12-13H,10-11H2,1-2H3,(H,32,36)(H,33,37)(H2,31,34,35);1H. The summed E-state index contributed by atoms with van der Waals surface area (Å²) in [6.07, 6.45) is -4.72. The summed E-state index contributed by atoms with van der Waals surface area (Å²) in [6, 6.07) is 12.3. The molecular formula is C26H24Cl2F3N5O3. The molecule has 13 heteroatoms. The number of imidazole rings is 1. The van der Waals surface area contributed by atoms with E-state index in [-0.39, 0.29) is 29.2 Å². The number of nitrogens with one attached hydrogen (secondary N) is 4. The Hall–Kier alpha value is -3.80. The fourth-order valence-electron chi connectivity index (χ4n) is 3.78. The molecule has 4 aromatic rings. The van der Waals surface area contributed by atoms with Crippen molar-refractivity contribution in [3.8, 4) is 0 Å². The first kappa shape index (κ1) is 29.8. The van der Waals surface area contributed by atoms with E-state index in [0.717, 1.165) is 12.1 Å². The van der Waals surface area contributed by atoms with Crippen LogP contribution in [0.15, 0.2) is 54.6 Å². The van der Waals surface area contributed by atoms with Crippen molar-refractivity contribution in [1.29, 1.82) is 0 Å². The van der Waals surface area contributed by atoms with Crippen LogP contribution in [0.2, 0.25) is 5.02 Å². The number of rotatable bonds is 8. The van der Waals surface area contributed by atoms with Crippen LogP contribution in [0.3, 0.4) is 0 Å². The van der Waals surface area contributed by atoms with Crippen LogP contribution in [-0.4, -0.2) is 42.0 Å². The molecule has 0 bridgehead atoms. The summed E-state index contributed by atoms with van der Waals surface area (Å²) in [7, 11) is 1.55.